The van der Waals surface area contributed by atoms with Crippen molar-refractivity contribution in [2.24, 2.45) is 5.41 Å². The van der Waals surface area contributed by atoms with Gasteiger partial charge in [0.05, 0.1) is 0 Å². The maximum atomic E-state index is 5.62. The summed E-state index contributed by atoms with van der Waals surface area (Å²) in [4.78, 5) is 0. The van der Waals surface area contributed by atoms with Crippen molar-refractivity contribution in [2.45, 2.75) is 66.3 Å². The molecule has 98 valence electrons. The fraction of sp³-hybridized carbons (Fsp3) is 1.00. The summed E-state index contributed by atoms with van der Waals surface area (Å²) in [7, 11) is 0. The van der Waals surface area contributed by atoms with Gasteiger partial charge < -0.3 is 10.1 Å². The first-order valence-electron chi connectivity index (χ1n) is 6.73. The summed E-state index contributed by atoms with van der Waals surface area (Å²) in [6, 6.07) is 0.614. The van der Waals surface area contributed by atoms with E-state index in [1.54, 1.807) is 0 Å². The first kappa shape index (κ1) is 15.9. The fourth-order valence-corrected chi connectivity index (χ4v) is 1.38. The summed E-state index contributed by atoms with van der Waals surface area (Å²) >= 11 is 0. The minimum atomic E-state index is 0.404. The molecule has 0 aliphatic rings. The van der Waals surface area contributed by atoms with Gasteiger partial charge in [0.2, 0.25) is 0 Å². The lowest BCUT2D eigenvalue weighted by molar-refractivity contribution is 0.105. The first-order valence-corrected chi connectivity index (χ1v) is 6.73. The van der Waals surface area contributed by atoms with Crippen molar-refractivity contribution >= 4 is 0 Å². The Hall–Kier alpha value is -0.0800. The molecule has 0 fully saturated rings. The topological polar surface area (TPSA) is 21.3 Å². The Bertz CT molecular complexity index is 149. The Morgan fingerprint density at radius 3 is 2.25 bits per heavy atom. The molecule has 0 unspecified atom stereocenters. The molecule has 0 bridgehead atoms. The normalized spacial score (nSPS) is 12.4. The fourth-order valence-electron chi connectivity index (χ4n) is 1.38. The van der Waals surface area contributed by atoms with Gasteiger partial charge in [-0.25, -0.2) is 0 Å². The molecule has 0 rings (SSSR count). The zero-order valence-corrected chi connectivity index (χ0v) is 11.9. The molecule has 0 aromatic rings. The van der Waals surface area contributed by atoms with Crippen molar-refractivity contribution < 1.29 is 4.74 Å². The molecule has 2 heteroatoms. The Morgan fingerprint density at radius 1 is 1.00 bits per heavy atom. The van der Waals surface area contributed by atoms with Crippen molar-refractivity contribution in [3.63, 3.8) is 0 Å². The van der Waals surface area contributed by atoms with Crippen LogP contribution in [0.1, 0.15) is 60.3 Å². The Morgan fingerprint density at radius 2 is 1.69 bits per heavy atom. The van der Waals surface area contributed by atoms with E-state index in [-0.39, 0.29) is 0 Å². The third kappa shape index (κ3) is 13.9. The standard InChI is InChI=1S/C14H31NO/c1-13(2)15-10-7-6-8-11-16-12-9-14(3,4)5/h13,15H,6-12H2,1-5H3. The van der Waals surface area contributed by atoms with Gasteiger partial charge in [-0.05, 0) is 37.6 Å². The first-order chi connectivity index (χ1) is 7.42. The van der Waals surface area contributed by atoms with E-state index in [1.165, 1.54) is 19.3 Å². The largest absolute Gasteiger partial charge is 0.381 e. The minimum Gasteiger partial charge on any atom is -0.381 e. The van der Waals surface area contributed by atoms with E-state index in [1.807, 2.05) is 0 Å². The molecule has 16 heavy (non-hydrogen) atoms. The summed E-state index contributed by atoms with van der Waals surface area (Å²) in [6.07, 6.45) is 4.89. The number of unbranched alkanes of at least 4 members (excludes halogenated alkanes) is 2. The lowest BCUT2D eigenvalue weighted by Gasteiger charge is -2.17. The summed E-state index contributed by atoms with van der Waals surface area (Å²) in [5.74, 6) is 0. The van der Waals surface area contributed by atoms with Gasteiger partial charge in [0.1, 0.15) is 0 Å². The van der Waals surface area contributed by atoms with E-state index in [2.05, 4.69) is 39.9 Å². The average Bonchev–Trinajstić information content (AvgIpc) is 2.13. The highest BCUT2D eigenvalue weighted by Gasteiger charge is 2.08. The van der Waals surface area contributed by atoms with Crippen molar-refractivity contribution in [2.75, 3.05) is 19.8 Å². The molecule has 0 saturated heterocycles. The summed E-state index contributed by atoms with van der Waals surface area (Å²) in [5.41, 5.74) is 0.404. The van der Waals surface area contributed by atoms with Gasteiger partial charge in [-0.3, -0.25) is 0 Å². The van der Waals surface area contributed by atoms with Crippen LogP contribution in [0.25, 0.3) is 0 Å². The SMILES string of the molecule is CC(C)NCCCCCOCCC(C)(C)C. The number of rotatable bonds is 9. The highest BCUT2D eigenvalue weighted by molar-refractivity contribution is 4.60. The second kappa shape index (κ2) is 9.00. The lowest BCUT2D eigenvalue weighted by atomic mass is 9.93. The number of hydrogen-bond acceptors (Lipinski definition) is 2. The quantitative estimate of drug-likeness (QED) is 0.610. The molecule has 0 radical (unpaired) electrons. The monoisotopic (exact) mass is 229 g/mol. The molecule has 0 spiro atoms. The molecule has 0 aliphatic heterocycles. The van der Waals surface area contributed by atoms with Crippen LogP contribution in [0.3, 0.4) is 0 Å². The average molecular weight is 229 g/mol. The highest BCUT2D eigenvalue weighted by Crippen LogP contribution is 2.17. The van der Waals surface area contributed by atoms with Gasteiger partial charge >= 0.3 is 0 Å². The zero-order valence-electron chi connectivity index (χ0n) is 11.9. The molecule has 0 aliphatic carbocycles. The predicted molar refractivity (Wildman–Crippen MR) is 71.9 cm³/mol. The van der Waals surface area contributed by atoms with Crippen molar-refractivity contribution in [3.05, 3.63) is 0 Å². The second-order valence-corrected chi connectivity index (χ2v) is 6.09. The van der Waals surface area contributed by atoms with Crippen molar-refractivity contribution in [1.82, 2.24) is 5.32 Å². The Balaban J connectivity index is 3.05. The minimum absolute atomic E-state index is 0.404. The van der Waals surface area contributed by atoms with Gasteiger partial charge in [0, 0.05) is 19.3 Å². The van der Waals surface area contributed by atoms with E-state index in [9.17, 15) is 0 Å². The van der Waals surface area contributed by atoms with Crippen LogP contribution >= 0.6 is 0 Å². The third-order valence-electron chi connectivity index (χ3n) is 2.51. The Labute approximate surface area is 102 Å². The predicted octanol–water partition coefficient (Wildman–Crippen LogP) is 3.61. The van der Waals surface area contributed by atoms with Gasteiger partial charge in [0.25, 0.3) is 0 Å². The molecule has 0 heterocycles. The Kier molecular flexibility index (Phi) is 8.96. The molecule has 2 nitrogen and oxygen atoms in total. The maximum absolute atomic E-state index is 5.62. The molecular weight excluding hydrogens is 198 g/mol. The lowest BCUT2D eigenvalue weighted by Crippen LogP contribution is -2.23. The van der Waals surface area contributed by atoms with E-state index >= 15 is 0 Å². The number of hydrogen-bond donors (Lipinski definition) is 1. The van der Waals surface area contributed by atoms with Crippen LogP contribution in [0, 0.1) is 5.41 Å². The van der Waals surface area contributed by atoms with Crippen LogP contribution in [0.4, 0.5) is 0 Å². The molecule has 0 saturated carbocycles. The molecule has 0 atom stereocenters. The van der Waals surface area contributed by atoms with Gasteiger partial charge in [-0.15, -0.1) is 0 Å². The summed E-state index contributed by atoms with van der Waals surface area (Å²) in [5, 5.41) is 3.43. The highest BCUT2D eigenvalue weighted by atomic mass is 16.5. The van der Waals surface area contributed by atoms with Crippen LogP contribution < -0.4 is 5.32 Å². The smallest absolute Gasteiger partial charge is 0.0471 e. The number of nitrogens with one attached hydrogen (secondary N) is 1. The van der Waals surface area contributed by atoms with Crippen molar-refractivity contribution in [3.8, 4) is 0 Å². The third-order valence-corrected chi connectivity index (χ3v) is 2.51. The molecule has 0 amide bonds. The van der Waals surface area contributed by atoms with Gasteiger partial charge in [-0.2, -0.15) is 0 Å². The summed E-state index contributed by atoms with van der Waals surface area (Å²) in [6.45, 7) is 14.1. The van der Waals surface area contributed by atoms with Crippen molar-refractivity contribution in [1.29, 1.82) is 0 Å². The van der Waals surface area contributed by atoms with Crippen LogP contribution in [0.2, 0.25) is 0 Å². The molecular formula is C14H31NO. The molecule has 1 N–H and O–H groups in total. The van der Waals surface area contributed by atoms with E-state index < -0.39 is 0 Å². The zero-order chi connectivity index (χ0) is 12.4. The summed E-state index contributed by atoms with van der Waals surface area (Å²) < 4.78 is 5.62. The molecule has 0 aromatic carbocycles. The van der Waals surface area contributed by atoms with Gasteiger partial charge in [0.15, 0.2) is 0 Å². The molecule has 0 aromatic heterocycles. The van der Waals surface area contributed by atoms with E-state index in [4.69, 9.17) is 4.74 Å². The number of ether oxygens (including phenoxy) is 1. The maximum Gasteiger partial charge on any atom is 0.0471 e. The van der Waals surface area contributed by atoms with E-state index in [0.717, 1.165) is 26.2 Å². The van der Waals surface area contributed by atoms with Crippen LogP contribution in [0.15, 0.2) is 0 Å². The van der Waals surface area contributed by atoms with Gasteiger partial charge in [-0.1, -0.05) is 34.6 Å². The van der Waals surface area contributed by atoms with E-state index in [0.29, 0.717) is 11.5 Å². The van der Waals surface area contributed by atoms with Crippen LogP contribution in [-0.4, -0.2) is 25.8 Å². The van der Waals surface area contributed by atoms with Crippen LogP contribution in [0.5, 0.6) is 0 Å². The van der Waals surface area contributed by atoms with Crippen LogP contribution in [-0.2, 0) is 4.74 Å². The second-order valence-electron chi connectivity index (χ2n) is 6.09.